The van der Waals surface area contributed by atoms with Gasteiger partial charge in [-0.15, -0.1) is 0 Å². The zero-order valence-electron chi connectivity index (χ0n) is 12.4. The van der Waals surface area contributed by atoms with Crippen LogP contribution in [0, 0.1) is 6.92 Å². The van der Waals surface area contributed by atoms with Crippen LogP contribution in [0.2, 0.25) is 0 Å². The summed E-state index contributed by atoms with van der Waals surface area (Å²) >= 11 is 0. The second kappa shape index (κ2) is 5.64. The van der Waals surface area contributed by atoms with Crippen LogP contribution in [0.3, 0.4) is 0 Å². The fourth-order valence-corrected chi connectivity index (χ4v) is 1.99. The Morgan fingerprint density at radius 3 is 2.70 bits per heavy atom. The largest absolute Gasteiger partial charge is 0.471 e. The SMILES string of the molecule is Cc1nccnc1OC1CCN(C(=O)OC(C)(C)C)C1. The summed E-state index contributed by atoms with van der Waals surface area (Å²) in [7, 11) is 0. The van der Waals surface area contributed by atoms with Crippen molar-refractivity contribution in [2.45, 2.75) is 45.8 Å². The Bertz CT molecular complexity index is 485. The number of hydrogen-bond acceptors (Lipinski definition) is 5. The summed E-state index contributed by atoms with van der Waals surface area (Å²) in [5, 5.41) is 0. The molecule has 1 saturated heterocycles. The van der Waals surface area contributed by atoms with E-state index in [9.17, 15) is 4.79 Å². The second-order valence-corrected chi connectivity index (χ2v) is 5.90. The highest BCUT2D eigenvalue weighted by atomic mass is 16.6. The average Bonchev–Trinajstić information content (AvgIpc) is 2.79. The lowest BCUT2D eigenvalue weighted by Gasteiger charge is -2.24. The molecule has 1 aliphatic rings. The number of carbonyl (C=O) groups excluding carboxylic acids is 1. The molecule has 1 atom stereocenters. The number of ether oxygens (including phenoxy) is 2. The van der Waals surface area contributed by atoms with Crippen LogP contribution in [0.5, 0.6) is 5.88 Å². The average molecular weight is 279 g/mol. The minimum Gasteiger partial charge on any atom is -0.471 e. The molecule has 2 heterocycles. The summed E-state index contributed by atoms with van der Waals surface area (Å²) in [5.41, 5.74) is 0.278. The topological polar surface area (TPSA) is 64.6 Å². The summed E-state index contributed by atoms with van der Waals surface area (Å²) in [6.07, 6.45) is 3.65. The van der Waals surface area contributed by atoms with Crippen molar-refractivity contribution in [1.29, 1.82) is 0 Å². The molecule has 1 aromatic heterocycles. The van der Waals surface area contributed by atoms with E-state index in [1.54, 1.807) is 17.3 Å². The van der Waals surface area contributed by atoms with Gasteiger partial charge in [0, 0.05) is 25.4 Å². The first kappa shape index (κ1) is 14.6. The molecule has 1 aromatic rings. The normalized spacial score (nSPS) is 19.0. The summed E-state index contributed by atoms with van der Waals surface area (Å²) in [5.74, 6) is 0.531. The van der Waals surface area contributed by atoms with Crippen molar-refractivity contribution in [2.75, 3.05) is 13.1 Å². The van der Waals surface area contributed by atoms with Crippen LogP contribution < -0.4 is 4.74 Å². The molecule has 1 fully saturated rings. The highest BCUT2D eigenvalue weighted by molar-refractivity contribution is 5.68. The molecule has 1 unspecified atom stereocenters. The summed E-state index contributed by atoms with van der Waals surface area (Å²) < 4.78 is 11.1. The molecule has 6 heteroatoms. The molecule has 0 spiro atoms. The Hall–Kier alpha value is -1.85. The minimum absolute atomic E-state index is 0.0575. The predicted molar refractivity (Wildman–Crippen MR) is 73.6 cm³/mol. The van der Waals surface area contributed by atoms with Gasteiger partial charge in [0.25, 0.3) is 0 Å². The van der Waals surface area contributed by atoms with Crippen molar-refractivity contribution in [2.24, 2.45) is 0 Å². The molecule has 0 bridgehead atoms. The van der Waals surface area contributed by atoms with E-state index >= 15 is 0 Å². The van der Waals surface area contributed by atoms with Gasteiger partial charge in [-0.2, -0.15) is 0 Å². The van der Waals surface area contributed by atoms with E-state index in [0.29, 0.717) is 19.0 Å². The third kappa shape index (κ3) is 3.82. The highest BCUT2D eigenvalue weighted by Crippen LogP contribution is 2.20. The highest BCUT2D eigenvalue weighted by Gasteiger charge is 2.31. The third-order valence-electron chi connectivity index (χ3n) is 2.91. The first-order chi connectivity index (χ1) is 9.35. The maximum atomic E-state index is 11.9. The molecule has 6 nitrogen and oxygen atoms in total. The molecule has 0 N–H and O–H groups in total. The van der Waals surface area contributed by atoms with E-state index in [1.165, 1.54) is 0 Å². The standard InChI is InChI=1S/C14H21N3O3/c1-10-12(16-7-6-15-10)19-11-5-8-17(9-11)13(18)20-14(2,3)4/h6-7,11H,5,8-9H2,1-4H3. The van der Waals surface area contributed by atoms with Gasteiger partial charge < -0.3 is 14.4 Å². The van der Waals surface area contributed by atoms with Gasteiger partial charge in [-0.25, -0.2) is 9.78 Å². The molecule has 0 saturated carbocycles. The lowest BCUT2D eigenvalue weighted by molar-refractivity contribution is 0.0274. The maximum Gasteiger partial charge on any atom is 0.410 e. The molecule has 1 aliphatic heterocycles. The number of likely N-dealkylation sites (tertiary alicyclic amines) is 1. The van der Waals surface area contributed by atoms with E-state index in [1.807, 2.05) is 27.7 Å². The van der Waals surface area contributed by atoms with Crippen molar-refractivity contribution in [1.82, 2.24) is 14.9 Å². The van der Waals surface area contributed by atoms with Crippen LogP contribution in [-0.4, -0.2) is 45.8 Å². The molecular formula is C14H21N3O3. The number of rotatable bonds is 2. The Morgan fingerprint density at radius 2 is 2.05 bits per heavy atom. The molecule has 2 rings (SSSR count). The van der Waals surface area contributed by atoms with E-state index in [0.717, 1.165) is 12.1 Å². The van der Waals surface area contributed by atoms with Gasteiger partial charge in [0.1, 0.15) is 11.7 Å². The van der Waals surface area contributed by atoms with Gasteiger partial charge in [-0.1, -0.05) is 0 Å². The van der Waals surface area contributed by atoms with Crippen LogP contribution in [0.4, 0.5) is 4.79 Å². The third-order valence-corrected chi connectivity index (χ3v) is 2.91. The van der Waals surface area contributed by atoms with Gasteiger partial charge in [0.15, 0.2) is 0 Å². The van der Waals surface area contributed by atoms with Crippen LogP contribution in [0.25, 0.3) is 0 Å². The van der Waals surface area contributed by atoms with Crippen molar-refractivity contribution in [3.05, 3.63) is 18.1 Å². The lowest BCUT2D eigenvalue weighted by atomic mass is 10.2. The maximum absolute atomic E-state index is 11.9. The zero-order chi connectivity index (χ0) is 14.8. The Labute approximate surface area is 119 Å². The number of aromatic nitrogens is 2. The van der Waals surface area contributed by atoms with E-state index in [-0.39, 0.29) is 12.2 Å². The van der Waals surface area contributed by atoms with Crippen molar-refractivity contribution in [3.63, 3.8) is 0 Å². The van der Waals surface area contributed by atoms with Gasteiger partial charge in [-0.3, -0.25) is 4.98 Å². The number of nitrogens with zero attached hydrogens (tertiary/aromatic N) is 3. The minimum atomic E-state index is -0.475. The number of carbonyl (C=O) groups is 1. The van der Waals surface area contributed by atoms with E-state index in [4.69, 9.17) is 9.47 Å². The summed E-state index contributed by atoms with van der Waals surface area (Å²) in [4.78, 5) is 21.9. The smallest absolute Gasteiger partial charge is 0.410 e. The number of amides is 1. The zero-order valence-corrected chi connectivity index (χ0v) is 12.4. The fourth-order valence-electron chi connectivity index (χ4n) is 1.99. The Morgan fingerprint density at radius 1 is 1.35 bits per heavy atom. The molecular weight excluding hydrogens is 258 g/mol. The lowest BCUT2D eigenvalue weighted by Crippen LogP contribution is -2.36. The van der Waals surface area contributed by atoms with E-state index in [2.05, 4.69) is 9.97 Å². The molecule has 0 aliphatic carbocycles. The molecule has 20 heavy (non-hydrogen) atoms. The quantitative estimate of drug-likeness (QED) is 0.830. The molecule has 110 valence electrons. The Kier molecular flexibility index (Phi) is 4.11. The van der Waals surface area contributed by atoms with Crippen LogP contribution in [0.15, 0.2) is 12.4 Å². The second-order valence-electron chi connectivity index (χ2n) is 5.90. The van der Waals surface area contributed by atoms with Crippen LogP contribution in [0.1, 0.15) is 32.9 Å². The van der Waals surface area contributed by atoms with Crippen molar-refractivity contribution < 1.29 is 14.3 Å². The molecule has 0 aromatic carbocycles. The number of aryl methyl sites for hydroxylation is 1. The van der Waals surface area contributed by atoms with Crippen LogP contribution >= 0.6 is 0 Å². The summed E-state index contributed by atoms with van der Waals surface area (Å²) in [6.45, 7) is 8.58. The number of hydrogen-bond donors (Lipinski definition) is 0. The molecule has 0 radical (unpaired) electrons. The first-order valence-corrected chi connectivity index (χ1v) is 6.77. The van der Waals surface area contributed by atoms with E-state index < -0.39 is 5.60 Å². The van der Waals surface area contributed by atoms with Gasteiger partial charge >= 0.3 is 6.09 Å². The summed E-state index contributed by atoms with van der Waals surface area (Å²) in [6, 6.07) is 0. The van der Waals surface area contributed by atoms with Gasteiger partial charge in [-0.05, 0) is 27.7 Å². The van der Waals surface area contributed by atoms with Crippen LogP contribution in [-0.2, 0) is 4.74 Å². The van der Waals surface area contributed by atoms with Gasteiger partial charge in [0.05, 0.1) is 12.2 Å². The Balaban J connectivity index is 1.90. The molecule has 1 amide bonds. The predicted octanol–water partition coefficient (Wildman–Crippen LogP) is 2.17. The monoisotopic (exact) mass is 279 g/mol. The van der Waals surface area contributed by atoms with Crippen molar-refractivity contribution in [3.8, 4) is 5.88 Å². The fraction of sp³-hybridized carbons (Fsp3) is 0.643. The van der Waals surface area contributed by atoms with Crippen molar-refractivity contribution >= 4 is 6.09 Å². The van der Waals surface area contributed by atoms with Gasteiger partial charge in [0.2, 0.25) is 5.88 Å². The first-order valence-electron chi connectivity index (χ1n) is 6.77.